The van der Waals surface area contributed by atoms with Crippen LogP contribution in [0, 0.1) is 11.3 Å². The summed E-state index contributed by atoms with van der Waals surface area (Å²) >= 11 is 1.71. The lowest BCUT2D eigenvalue weighted by Crippen LogP contribution is -2.01. The summed E-state index contributed by atoms with van der Waals surface area (Å²) in [5.74, 6) is 0. The second-order valence-electron chi connectivity index (χ2n) is 3.71. The molecule has 3 nitrogen and oxygen atoms in total. The molecular formula is C14H13N3S. The normalized spacial score (nSPS) is 9.78. The predicted molar refractivity (Wildman–Crippen MR) is 74.5 cm³/mol. The van der Waals surface area contributed by atoms with Crippen LogP contribution in [-0.2, 0) is 6.54 Å². The Labute approximate surface area is 111 Å². The van der Waals surface area contributed by atoms with Crippen LogP contribution in [0.15, 0.2) is 47.5 Å². The van der Waals surface area contributed by atoms with E-state index < -0.39 is 0 Å². The number of hydrogen-bond acceptors (Lipinski definition) is 4. The van der Waals surface area contributed by atoms with Crippen LogP contribution in [0.5, 0.6) is 0 Å². The summed E-state index contributed by atoms with van der Waals surface area (Å²) in [5.41, 5.74) is 2.62. The van der Waals surface area contributed by atoms with Crippen LogP contribution in [0.25, 0.3) is 0 Å². The molecule has 18 heavy (non-hydrogen) atoms. The number of nitrogens with one attached hydrogen (secondary N) is 1. The van der Waals surface area contributed by atoms with Gasteiger partial charge < -0.3 is 5.32 Å². The topological polar surface area (TPSA) is 48.7 Å². The first-order valence-corrected chi connectivity index (χ1v) is 6.78. The Balaban J connectivity index is 2.09. The van der Waals surface area contributed by atoms with E-state index in [0.29, 0.717) is 12.2 Å². The number of rotatable bonds is 4. The van der Waals surface area contributed by atoms with E-state index in [1.165, 1.54) is 4.90 Å². The van der Waals surface area contributed by atoms with E-state index in [9.17, 15) is 0 Å². The van der Waals surface area contributed by atoms with Crippen LogP contribution in [0.2, 0.25) is 0 Å². The number of para-hydroxylation sites is 1. The van der Waals surface area contributed by atoms with Crippen LogP contribution < -0.4 is 5.32 Å². The number of pyridine rings is 1. The summed E-state index contributed by atoms with van der Waals surface area (Å²) < 4.78 is 0. The molecule has 0 saturated carbocycles. The number of anilines is 1. The van der Waals surface area contributed by atoms with Crippen LogP contribution >= 0.6 is 11.8 Å². The number of hydrogen-bond donors (Lipinski definition) is 1. The van der Waals surface area contributed by atoms with Gasteiger partial charge in [0.1, 0.15) is 11.8 Å². The maximum Gasteiger partial charge on any atom is 0.140 e. The van der Waals surface area contributed by atoms with Crippen LogP contribution in [0.3, 0.4) is 0 Å². The molecule has 0 spiro atoms. The standard InChI is InChI=1S/C14H13N3S/c1-18-14-5-3-2-4-13(14)17-10-11-6-7-16-12(8-11)9-15/h2-8,17H,10H2,1H3. The zero-order valence-corrected chi connectivity index (χ0v) is 10.9. The zero-order valence-electron chi connectivity index (χ0n) is 10.1. The van der Waals surface area contributed by atoms with Gasteiger partial charge in [0, 0.05) is 23.3 Å². The fraction of sp³-hybridized carbons (Fsp3) is 0.143. The van der Waals surface area contributed by atoms with Crippen molar-refractivity contribution in [2.75, 3.05) is 11.6 Å². The quantitative estimate of drug-likeness (QED) is 0.852. The number of nitriles is 1. The minimum atomic E-state index is 0.451. The van der Waals surface area contributed by atoms with E-state index >= 15 is 0 Å². The molecule has 0 aliphatic rings. The Kier molecular flexibility index (Phi) is 4.21. The summed E-state index contributed by atoms with van der Waals surface area (Å²) in [6, 6.07) is 13.9. The number of benzene rings is 1. The Morgan fingerprint density at radius 3 is 2.94 bits per heavy atom. The first-order valence-electron chi connectivity index (χ1n) is 5.55. The molecule has 0 saturated heterocycles. The van der Waals surface area contributed by atoms with Crippen molar-refractivity contribution in [3.05, 3.63) is 53.9 Å². The highest BCUT2D eigenvalue weighted by molar-refractivity contribution is 7.98. The van der Waals surface area contributed by atoms with Crippen molar-refractivity contribution in [3.63, 3.8) is 0 Å². The predicted octanol–water partition coefficient (Wildman–Crippen LogP) is 3.29. The summed E-state index contributed by atoms with van der Waals surface area (Å²) in [7, 11) is 0. The summed E-state index contributed by atoms with van der Waals surface area (Å²) in [5, 5.41) is 12.2. The van der Waals surface area contributed by atoms with Gasteiger partial charge in [-0.15, -0.1) is 11.8 Å². The number of nitrogens with zero attached hydrogens (tertiary/aromatic N) is 2. The summed E-state index contributed by atoms with van der Waals surface area (Å²) in [6.45, 7) is 0.689. The van der Waals surface area contributed by atoms with Crippen molar-refractivity contribution in [3.8, 4) is 6.07 Å². The number of thioether (sulfide) groups is 1. The fourth-order valence-corrected chi connectivity index (χ4v) is 2.21. The first kappa shape index (κ1) is 12.5. The highest BCUT2D eigenvalue weighted by Gasteiger charge is 2.00. The number of aromatic nitrogens is 1. The van der Waals surface area contributed by atoms with Crippen molar-refractivity contribution in [1.82, 2.24) is 4.98 Å². The molecule has 0 unspecified atom stereocenters. The molecule has 0 aliphatic carbocycles. The monoisotopic (exact) mass is 255 g/mol. The molecule has 2 aromatic rings. The summed E-state index contributed by atoms with van der Waals surface area (Å²) in [6.07, 6.45) is 3.72. The third-order valence-electron chi connectivity index (χ3n) is 2.53. The van der Waals surface area contributed by atoms with Gasteiger partial charge in [-0.3, -0.25) is 0 Å². The van der Waals surface area contributed by atoms with E-state index in [1.807, 2.05) is 24.3 Å². The molecule has 0 atom stereocenters. The second-order valence-corrected chi connectivity index (χ2v) is 4.56. The molecule has 4 heteroatoms. The minimum Gasteiger partial charge on any atom is -0.380 e. The fourth-order valence-electron chi connectivity index (χ4n) is 1.63. The van der Waals surface area contributed by atoms with Crippen molar-refractivity contribution in [2.45, 2.75) is 11.4 Å². The Hall–Kier alpha value is -1.99. The van der Waals surface area contributed by atoms with Crippen molar-refractivity contribution in [2.24, 2.45) is 0 Å². The SMILES string of the molecule is CSc1ccccc1NCc1ccnc(C#N)c1. The summed E-state index contributed by atoms with van der Waals surface area (Å²) in [4.78, 5) is 5.17. The van der Waals surface area contributed by atoms with Gasteiger partial charge in [0.15, 0.2) is 0 Å². The van der Waals surface area contributed by atoms with Crippen molar-refractivity contribution >= 4 is 17.4 Å². The molecule has 1 aromatic carbocycles. The molecule has 0 aliphatic heterocycles. The van der Waals surface area contributed by atoms with Crippen molar-refractivity contribution < 1.29 is 0 Å². The van der Waals surface area contributed by atoms with Gasteiger partial charge in [-0.25, -0.2) is 4.98 Å². The van der Waals surface area contributed by atoms with Crippen LogP contribution in [0.4, 0.5) is 5.69 Å². The Morgan fingerprint density at radius 1 is 1.33 bits per heavy atom. The molecule has 0 bridgehead atoms. The van der Waals surface area contributed by atoms with E-state index in [2.05, 4.69) is 28.7 Å². The average molecular weight is 255 g/mol. The van der Waals surface area contributed by atoms with Gasteiger partial charge in [-0.2, -0.15) is 5.26 Å². The van der Waals surface area contributed by atoms with Gasteiger partial charge >= 0.3 is 0 Å². The molecule has 0 radical (unpaired) electrons. The molecule has 0 amide bonds. The van der Waals surface area contributed by atoms with E-state index in [1.54, 1.807) is 24.0 Å². The minimum absolute atomic E-state index is 0.451. The van der Waals surface area contributed by atoms with Crippen LogP contribution in [-0.4, -0.2) is 11.2 Å². The molecule has 0 fully saturated rings. The third kappa shape index (κ3) is 3.02. The highest BCUT2D eigenvalue weighted by Crippen LogP contribution is 2.24. The molecule has 1 aromatic heterocycles. The molecule has 2 rings (SSSR count). The zero-order chi connectivity index (χ0) is 12.8. The van der Waals surface area contributed by atoms with E-state index in [0.717, 1.165) is 11.3 Å². The van der Waals surface area contributed by atoms with Crippen molar-refractivity contribution in [1.29, 1.82) is 5.26 Å². The second kappa shape index (κ2) is 6.08. The molecule has 1 heterocycles. The Bertz CT molecular complexity index is 575. The van der Waals surface area contributed by atoms with Gasteiger partial charge in [-0.05, 0) is 36.1 Å². The highest BCUT2D eigenvalue weighted by atomic mass is 32.2. The maximum atomic E-state index is 8.79. The van der Waals surface area contributed by atoms with Crippen LogP contribution in [0.1, 0.15) is 11.3 Å². The van der Waals surface area contributed by atoms with Gasteiger partial charge in [0.2, 0.25) is 0 Å². The molecule has 90 valence electrons. The maximum absolute atomic E-state index is 8.79. The average Bonchev–Trinajstić information content (AvgIpc) is 2.45. The van der Waals surface area contributed by atoms with E-state index in [-0.39, 0.29) is 0 Å². The lowest BCUT2D eigenvalue weighted by molar-refractivity contribution is 1.10. The smallest absolute Gasteiger partial charge is 0.140 e. The third-order valence-corrected chi connectivity index (χ3v) is 3.32. The first-order chi connectivity index (χ1) is 8.83. The molecule has 1 N–H and O–H groups in total. The lowest BCUT2D eigenvalue weighted by atomic mass is 10.2. The molecular weight excluding hydrogens is 242 g/mol. The van der Waals surface area contributed by atoms with E-state index in [4.69, 9.17) is 5.26 Å². The Morgan fingerprint density at radius 2 is 2.17 bits per heavy atom. The van der Waals surface area contributed by atoms with Gasteiger partial charge in [0.25, 0.3) is 0 Å². The van der Waals surface area contributed by atoms with Gasteiger partial charge in [-0.1, -0.05) is 12.1 Å². The van der Waals surface area contributed by atoms with Gasteiger partial charge in [0.05, 0.1) is 0 Å². The lowest BCUT2D eigenvalue weighted by Gasteiger charge is -2.10. The largest absolute Gasteiger partial charge is 0.380 e.